The van der Waals surface area contributed by atoms with E-state index in [0.29, 0.717) is 11.1 Å². The molecular formula is C14H12N2O5. The molecule has 1 aromatic rings. The maximum absolute atomic E-state index is 11.5. The summed E-state index contributed by atoms with van der Waals surface area (Å²) in [5.74, 6) is -3.48. The van der Waals surface area contributed by atoms with Gasteiger partial charge in [-0.25, -0.2) is 4.79 Å². The van der Waals surface area contributed by atoms with Gasteiger partial charge in [0, 0.05) is 6.08 Å². The maximum Gasteiger partial charge on any atom is 0.326 e. The fourth-order valence-corrected chi connectivity index (χ4v) is 1.48. The highest BCUT2D eigenvalue weighted by molar-refractivity contribution is 5.95. The van der Waals surface area contributed by atoms with Crippen molar-refractivity contribution >= 4 is 23.9 Å². The van der Waals surface area contributed by atoms with Gasteiger partial charge in [-0.05, 0) is 23.8 Å². The lowest BCUT2D eigenvalue weighted by Gasteiger charge is -2.10. The van der Waals surface area contributed by atoms with Gasteiger partial charge in [-0.1, -0.05) is 12.1 Å². The van der Waals surface area contributed by atoms with Gasteiger partial charge in [0.05, 0.1) is 18.1 Å². The number of carboxylic acid groups (broad SMARTS) is 2. The first-order valence-electron chi connectivity index (χ1n) is 5.85. The van der Waals surface area contributed by atoms with Crippen molar-refractivity contribution in [2.24, 2.45) is 0 Å². The summed E-state index contributed by atoms with van der Waals surface area (Å²) in [6.07, 6.45) is 1.77. The van der Waals surface area contributed by atoms with Crippen LogP contribution in [0.2, 0.25) is 0 Å². The first-order valence-corrected chi connectivity index (χ1v) is 5.85. The van der Waals surface area contributed by atoms with Crippen LogP contribution in [0.3, 0.4) is 0 Å². The van der Waals surface area contributed by atoms with Crippen LogP contribution in [-0.4, -0.2) is 34.1 Å². The Kier molecular flexibility index (Phi) is 5.65. The molecule has 21 heavy (non-hydrogen) atoms. The summed E-state index contributed by atoms with van der Waals surface area (Å²) in [5.41, 5.74) is 1.01. The van der Waals surface area contributed by atoms with Crippen molar-refractivity contribution in [3.63, 3.8) is 0 Å². The minimum atomic E-state index is -1.50. The number of rotatable bonds is 6. The quantitative estimate of drug-likeness (QED) is 0.658. The molecule has 1 rings (SSSR count). The Morgan fingerprint density at radius 1 is 1.33 bits per heavy atom. The van der Waals surface area contributed by atoms with Crippen molar-refractivity contribution in [3.05, 3.63) is 41.5 Å². The van der Waals surface area contributed by atoms with Gasteiger partial charge in [0.2, 0.25) is 5.91 Å². The highest BCUT2D eigenvalue weighted by atomic mass is 16.4. The molecule has 0 saturated heterocycles. The summed E-state index contributed by atoms with van der Waals surface area (Å²) in [4.78, 5) is 32.8. The van der Waals surface area contributed by atoms with E-state index in [-0.39, 0.29) is 0 Å². The van der Waals surface area contributed by atoms with E-state index < -0.39 is 30.3 Å². The Bertz CT molecular complexity index is 630. The van der Waals surface area contributed by atoms with E-state index in [1.54, 1.807) is 24.3 Å². The third-order valence-corrected chi connectivity index (χ3v) is 2.44. The zero-order chi connectivity index (χ0) is 15.8. The topological polar surface area (TPSA) is 127 Å². The lowest BCUT2D eigenvalue weighted by Crippen LogP contribution is -2.41. The number of aliphatic carboxylic acids is 2. The average molecular weight is 288 g/mol. The Balaban J connectivity index is 2.71. The van der Waals surface area contributed by atoms with Crippen LogP contribution in [0.15, 0.2) is 30.3 Å². The Morgan fingerprint density at radius 2 is 2.05 bits per heavy atom. The number of hydrogen-bond donors (Lipinski definition) is 3. The summed E-state index contributed by atoms with van der Waals surface area (Å²) in [5, 5.41) is 28.1. The van der Waals surface area contributed by atoms with Gasteiger partial charge in [-0.2, -0.15) is 5.26 Å². The normalized spacial score (nSPS) is 11.6. The number of carboxylic acids is 2. The van der Waals surface area contributed by atoms with Gasteiger partial charge < -0.3 is 15.5 Å². The highest BCUT2D eigenvalue weighted by Crippen LogP contribution is 2.06. The van der Waals surface area contributed by atoms with Crippen molar-refractivity contribution in [1.82, 2.24) is 5.32 Å². The molecule has 0 aliphatic carbocycles. The van der Waals surface area contributed by atoms with Crippen LogP contribution in [0.25, 0.3) is 6.08 Å². The molecule has 1 amide bonds. The second-order valence-corrected chi connectivity index (χ2v) is 4.07. The van der Waals surface area contributed by atoms with Gasteiger partial charge in [0.25, 0.3) is 0 Å². The molecule has 1 atom stereocenters. The van der Waals surface area contributed by atoms with Gasteiger partial charge in [0.15, 0.2) is 0 Å². The molecule has 1 aromatic carbocycles. The second-order valence-electron chi connectivity index (χ2n) is 4.07. The number of hydrogen-bond acceptors (Lipinski definition) is 4. The summed E-state index contributed by atoms with van der Waals surface area (Å²) in [6.45, 7) is 0. The van der Waals surface area contributed by atoms with Gasteiger partial charge in [0.1, 0.15) is 6.04 Å². The van der Waals surface area contributed by atoms with Crippen LogP contribution >= 0.6 is 0 Å². The average Bonchev–Trinajstić information content (AvgIpc) is 2.44. The van der Waals surface area contributed by atoms with Crippen molar-refractivity contribution in [2.75, 3.05) is 0 Å². The molecule has 0 fully saturated rings. The molecule has 3 N–H and O–H groups in total. The third-order valence-electron chi connectivity index (χ3n) is 2.44. The minimum absolute atomic E-state index is 0.423. The van der Waals surface area contributed by atoms with Crippen LogP contribution < -0.4 is 5.32 Å². The number of carbonyl (C=O) groups excluding carboxylic acids is 1. The van der Waals surface area contributed by atoms with E-state index in [2.05, 4.69) is 5.32 Å². The fraction of sp³-hybridized carbons (Fsp3) is 0.143. The monoisotopic (exact) mass is 288 g/mol. The smallest absolute Gasteiger partial charge is 0.326 e. The fourth-order valence-electron chi connectivity index (χ4n) is 1.48. The summed E-state index contributed by atoms with van der Waals surface area (Å²) < 4.78 is 0. The summed E-state index contributed by atoms with van der Waals surface area (Å²) in [7, 11) is 0. The van der Waals surface area contributed by atoms with E-state index in [9.17, 15) is 14.4 Å². The van der Waals surface area contributed by atoms with Crippen molar-refractivity contribution < 1.29 is 24.6 Å². The van der Waals surface area contributed by atoms with Crippen molar-refractivity contribution in [3.8, 4) is 6.07 Å². The lowest BCUT2D eigenvalue weighted by molar-refractivity contribution is -0.146. The van der Waals surface area contributed by atoms with E-state index >= 15 is 0 Å². The first kappa shape index (κ1) is 15.9. The molecule has 7 nitrogen and oxygen atoms in total. The van der Waals surface area contributed by atoms with E-state index in [1.807, 2.05) is 6.07 Å². The van der Waals surface area contributed by atoms with Crippen LogP contribution in [0, 0.1) is 11.3 Å². The summed E-state index contributed by atoms with van der Waals surface area (Å²) >= 11 is 0. The predicted molar refractivity (Wildman–Crippen MR) is 72.0 cm³/mol. The second kappa shape index (κ2) is 7.45. The Hall–Kier alpha value is -3.14. The lowest BCUT2D eigenvalue weighted by atomic mass is 10.1. The first-order chi connectivity index (χ1) is 9.92. The van der Waals surface area contributed by atoms with Crippen LogP contribution in [-0.2, 0) is 14.4 Å². The highest BCUT2D eigenvalue weighted by Gasteiger charge is 2.21. The molecule has 0 spiro atoms. The van der Waals surface area contributed by atoms with Gasteiger partial charge >= 0.3 is 11.9 Å². The SMILES string of the molecule is N#Cc1cccc(/C=C/C(=O)NC(CC(=O)O)C(=O)O)c1. The van der Waals surface area contributed by atoms with Gasteiger partial charge in [-0.15, -0.1) is 0 Å². The van der Waals surface area contributed by atoms with Crippen molar-refractivity contribution in [2.45, 2.75) is 12.5 Å². The summed E-state index contributed by atoms with van der Waals surface area (Å²) in [6, 6.07) is 6.91. The molecule has 1 unspecified atom stereocenters. The van der Waals surface area contributed by atoms with E-state index in [4.69, 9.17) is 15.5 Å². The molecule has 0 heterocycles. The molecule has 108 valence electrons. The number of benzene rings is 1. The Labute approximate surface area is 120 Å². The standard InChI is InChI=1S/C14H12N2O5/c15-8-10-3-1-2-9(6-10)4-5-12(17)16-11(14(20)21)7-13(18)19/h1-6,11H,7H2,(H,16,17)(H,18,19)(H,20,21)/b5-4+. The zero-order valence-corrected chi connectivity index (χ0v) is 10.8. The van der Waals surface area contributed by atoms with E-state index in [0.717, 1.165) is 6.08 Å². The zero-order valence-electron chi connectivity index (χ0n) is 10.8. The number of nitriles is 1. The number of nitrogens with zero attached hydrogens (tertiary/aromatic N) is 1. The molecule has 0 aromatic heterocycles. The van der Waals surface area contributed by atoms with E-state index in [1.165, 1.54) is 6.08 Å². The molecule has 7 heteroatoms. The third kappa shape index (κ3) is 5.57. The number of amides is 1. The van der Waals surface area contributed by atoms with Gasteiger partial charge in [-0.3, -0.25) is 9.59 Å². The largest absolute Gasteiger partial charge is 0.481 e. The van der Waals surface area contributed by atoms with Crippen molar-refractivity contribution in [1.29, 1.82) is 5.26 Å². The molecule has 0 radical (unpaired) electrons. The van der Waals surface area contributed by atoms with Crippen LogP contribution in [0.4, 0.5) is 0 Å². The number of carbonyl (C=O) groups is 3. The minimum Gasteiger partial charge on any atom is -0.481 e. The van der Waals surface area contributed by atoms with Crippen LogP contribution in [0.1, 0.15) is 17.5 Å². The number of nitrogens with one attached hydrogen (secondary N) is 1. The molecular weight excluding hydrogens is 276 g/mol. The van der Waals surface area contributed by atoms with Crippen LogP contribution in [0.5, 0.6) is 0 Å². The predicted octanol–water partition coefficient (Wildman–Crippen LogP) is 0.616. The molecule has 0 saturated carbocycles. The molecule has 0 aliphatic heterocycles. The molecule has 0 aliphatic rings. The Morgan fingerprint density at radius 3 is 2.62 bits per heavy atom. The maximum atomic E-state index is 11.5. The molecule has 0 bridgehead atoms.